The van der Waals surface area contributed by atoms with E-state index in [4.69, 9.17) is 14.9 Å². The topological polar surface area (TPSA) is 214 Å². The van der Waals surface area contributed by atoms with E-state index >= 15 is 0 Å². The molecule has 1 saturated heterocycles. The molecule has 0 unspecified atom stereocenters. The van der Waals surface area contributed by atoms with Crippen LogP contribution in [-0.2, 0) is 65.9 Å². The molecular weight excluding hydrogens is 706 g/mol. The molecule has 3 heterocycles. The summed E-state index contributed by atoms with van der Waals surface area (Å²) >= 11 is 0. The summed E-state index contributed by atoms with van der Waals surface area (Å²) < 4.78 is 10.9. The maximum absolute atomic E-state index is 13.7. The molecular formula is C40H49N7O8. The summed E-state index contributed by atoms with van der Waals surface area (Å²) in [7, 11) is 0. The number of carbonyl (C=O) groups is 6. The van der Waals surface area contributed by atoms with Crippen LogP contribution in [0.3, 0.4) is 0 Å². The number of furan rings is 1. The van der Waals surface area contributed by atoms with Gasteiger partial charge in [-0.05, 0) is 47.2 Å². The van der Waals surface area contributed by atoms with Gasteiger partial charge in [0.1, 0.15) is 17.8 Å². The second-order valence-electron chi connectivity index (χ2n) is 13.5. The SMILES string of the molecule is NCCOCCNC(=O)[C@@H]1Cc2ccccc2CNC(=O)/C=C/C(=O)N2CCC[C@H](C2)C(=O)N[C@@H](Cc2ccco2)C(=O)NCc2ccccc2CC(=O)N1. The highest BCUT2D eigenvalue weighted by Crippen LogP contribution is 2.19. The van der Waals surface area contributed by atoms with Crippen LogP contribution >= 0.6 is 0 Å². The molecule has 0 spiro atoms. The minimum atomic E-state index is -0.989. The third-order valence-corrected chi connectivity index (χ3v) is 9.48. The van der Waals surface area contributed by atoms with Gasteiger partial charge in [0.25, 0.3) is 0 Å². The number of hydrogen-bond acceptors (Lipinski definition) is 9. The Morgan fingerprint density at radius 3 is 2.33 bits per heavy atom. The molecule has 0 aliphatic carbocycles. The lowest BCUT2D eigenvalue weighted by Crippen LogP contribution is -2.52. The maximum Gasteiger partial charge on any atom is 0.246 e. The predicted molar refractivity (Wildman–Crippen MR) is 202 cm³/mol. The normalized spacial score (nSPS) is 21.1. The number of piperidine rings is 1. The Bertz CT molecular complexity index is 1830. The number of nitrogens with two attached hydrogens (primary N) is 1. The molecule has 7 N–H and O–H groups in total. The minimum absolute atomic E-state index is 0.0661. The quantitative estimate of drug-likeness (QED) is 0.176. The van der Waals surface area contributed by atoms with Crippen molar-refractivity contribution in [1.82, 2.24) is 31.5 Å². The first-order valence-electron chi connectivity index (χ1n) is 18.5. The molecule has 5 rings (SSSR count). The van der Waals surface area contributed by atoms with Crippen molar-refractivity contribution in [2.75, 3.05) is 39.4 Å². The molecule has 1 fully saturated rings. The number of hydrogen-bond donors (Lipinski definition) is 6. The standard InChI is InChI=1S/C40H49N7O8/c41-15-19-54-20-16-42-39(52)33-21-27-7-1-3-9-29(27)24-43-35(48)13-14-37(50)47-17-5-11-31(26-47)38(51)46-34(23-32-12-6-18-55-32)40(53)44-25-30-10-4-2-8-28(30)22-36(49)45-33/h1-4,6-10,12-14,18,31,33-34H,5,11,15-17,19-26,41H2,(H,42,52)(H,43,48)(H,44,53)(H,45,49)(H,46,51)/b14-13+/t31-,33+,34+/m1/s1. The van der Waals surface area contributed by atoms with Crippen molar-refractivity contribution in [3.63, 3.8) is 0 Å². The summed E-state index contributed by atoms with van der Waals surface area (Å²) in [5.74, 6) is -2.66. The van der Waals surface area contributed by atoms with Gasteiger partial charge in [-0.15, -0.1) is 0 Å². The van der Waals surface area contributed by atoms with Crippen molar-refractivity contribution in [1.29, 1.82) is 0 Å². The number of carbonyl (C=O) groups excluding carboxylic acids is 6. The zero-order chi connectivity index (χ0) is 39.0. The summed E-state index contributed by atoms with van der Waals surface area (Å²) in [4.78, 5) is 81.9. The van der Waals surface area contributed by atoms with Crippen molar-refractivity contribution in [2.45, 2.75) is 57.3 Å². The highest BCUT2D eigenvalue weighted by Gasteiger charge is 2.31. The number of rotatable bonds is 8. The second-order valence-corrected chi connectivity index (χ2v) is 13.5. The van der Waals surface area contributed by atoms with Gasteiger partial charge in [-0.2, -0.15) is 0 Å². The molecule has 0 radical (unpaired) electrons. The minimum Gasteiger partial charge on any atom is -0.469 e. The van der Waals surface area contributed by atoms with Crippen LogP contribution < -0.4 is 32.3 Å². The number of fused-ring (bicyclic) bond motifs is 4. The van der Waals surface area contributed by atoms with Crippen LogP contribution in [-0.4, -0.2) is 91.8 Å². The Labute approximate surface area is 319 Å². The van der Waals surface area contributed by atoms with Gasteiger partial charge >= 0.3 is 0 Å². The Morgan fingerprint density at radius 2 is 1.58 bits per heavy atom. The predicted octanol–water partition coefficient (Wildman–Crippen LogP) is 0.409. The van der Waals surface area contributed by atoms with E-state index in [1.165, 1.54) is 17.2 Å². The Balaban J connectivity index is 1.41. The number of nitrogens with one attached hydrogen (secondary N) is 5. The molecule has 55 heavy (non-hydrogen) atoms. The highest BCUT2D eigenvalue weighted by molar-refractivity contribution is 5.97. The fourth-order valence-electron chi connectivity index (χ4n) is 6.55. The van der Waals surface area contributed by atoms with Crippen LogP contribution in [0.25, 0.3) is 0 Å². The van der Waals surface area contributed by atoms with E-state index in [0.29, 0.717) is 49.4 Å². The molecule has 2 aromatic carbocycles. The fourth-order valence-corrected chi connectivity index (χ4v) is 6.55. The highest BCUT2D eigenvalue weighted by atomic mass is 16.5. The van der Waals surface area contributed by atoms with E-state index in [0.717, 1.165) is 17.2 Å². The van der Waals surface area contributed by atoms with E-state index in [-0.39, 0.29) is 58.0 Å². The fraction of sp³-hybridized carbons (Fsp3) is 0.400. The van der Waals surface area contributed by atoms with Crippen molar-refractivity contribution < 1.29 is 37.9 Å². The van der Waals surface area contributed by atoms with Crippen molar-refractivity contribution in [2.24, 2.45) is 11.7 Å². The summed E-state index contributed by atoms with van der Waals surface area (Å²) in [6.07, 6.45) is 5.04. The van der Waals surface area contributed by atoms with Crippen LogP contribution in [0, 0.1) is 5.92 Å². The van der Waals surface area contributed by atoms with Gasteiger partial charge in [0.05, 0.1) is 31.8 Å². The average molecular weight is 756 g/mol. The Kier molecular flexibility index (Phi) is 15.1. The van der Waals surface area contributed by atoms with Gasteiger partial charge < -0.3 is 46.4 Å². The molecule has 3 atom stereocenters. The van der Waals surface area contributed by atoms with Gasteiger partial charge in [-0.1, -0.05) is 48.5 Å². The molecule has 2 aliphatic rings. The summed E-state index contributed by atoms with van der Waals surface area (Å²) in [6.45, 7) is 1.85. The van der Waals surface area contributed by atoms with Crippen LogP contribution in [0.4, 0.5) is 0 Å². The first-order valence-corrected chi connectivity index (χ1v) is 18.5. The van der Waals surface area contributed by atoms with Crippen molar-refractivity contribution in [3.8, 4) is 0 Å². The number of amides is 6. The van der Waals surface area contributed by atoms with Crippen molar-refractivity contribution in [3.05, 3.63) is 107 Å². The molecule has 1 aromatic heterocycles. The molecule has 2 aliphatic heterocycles. The molecule has 2 bridgehead atoms. The van der Waals surface area contributed by atoms with Gasteiger partial charge in [0, 0.05) is 64.3 Å². The van der Waals surface area contributed by atoms with E-state index < -0.39 is 47.5 Å². The van der Waals surface area contributed by atoms with E-state index in [1.54, 1.807) is 48.5 Å². The van der Waals surface area contributed by atoms with Crippen LogP contribution in [0.2, 0.25) is 0 Å². The Hall–Kier alpha value is -5.80. The van der Waals surface area contributed by atoms with Gasteiger partial charge in [0.2, 0.25) is 35.4 Å². The van der Waals surface area contributed by atoms with E-state index in [9.17, 15) is 28.8 Å². The number of ether oxygens (including phenoxy) is 1. The van der Waals surface area contributed by atoms with Crippen LogP contribution in [0.15, 0.2) is 83.5 Å². The zero-order valence-electron chi connectivity index (χ0n) is 30.7. The third-order valence-electron chi connectivity index (χ3n) is 9.48. The zero-order valence-corrected chi connectivity index (χ0v) is 30.7. The van der Waals surface area contributed by atoms with E-state index in [1.807, 2.05) is 12.1 Å². The second kappa shape index (κ2) is 20.6. The molecule has 3 aromatic rings. The first-order chi connectivity index (χ1) is 26.7. The van der Waals surface area contributed by atoms with Crippen LogP contribution in [0.5, 0.6) is 0 Å². The van der Waals surface area contributed by atoms with Gasteiger partial charge in [-0.3, -0.25) is 28.8 Å². The van der Waals surface area contributed by atoms with Crippen molar-refractivity contribution >= 4 is 35.4 Å². The monoisotopic (exact) mass is 755 g/mol. The lowest BCUT2D eigenvalue weighted by Gasteiger charge is -2.32. The molecule has 15 heteroatoms. The molecule has 292 valence electrons. The lowest BCUT2D eigenvalue weighted by molar-refractivity contribution is -0.135. The lowest BCUT2D eigenvalue weighted by atomic mass is 9.96. The van der Waals surface area contributed by atoms with Gasteiger partial charge in [0.15, 0.2) is 0 Å². The smallest absolute Gasteiger partial charge is 0.246 e. The largest absolute Gasteiger partial charge is 0.469 e. The average Bonchev–Trinajstić information content (AvgIpc) is 3.71. The summed E-state index contributed by atoms with van der Waals surface area (Å²) in [5.41, 5.74) is 8.25. The molecule has 15 nitrogen and oxygen atoms in total. The summed E-state index contributed by atoms with van der Waals surface area (Å²) in [5, 5.41) is 14.3. The number of benzene rings is 2. The maximum atomic E-state index is 13.7. The molecule has 0 saturated carbocycles. The van der Waals surface area contributed by atoms with E-state index in [2.05, 4.69) is 26.6 Å². The van der Waals surface area contributed by atoms with Crippen LogP contribution in [0.1, 0.15) is 40.9 Å². The molecule has 6 amide bonds. The van der Waals surface area contributed by atoms with Gasteiger partial charge in [-0.25, -0.2) is 0 Å². The first kappa shape index (κ1) is 40.4. The summed E-state index contributed by atoms with van der Waals surface area (Å²) in [6, 6.07) is 15.8. The third kappa shape index (κ3) is 12.4. The number of nitrogens with zero attached hydrogens (tertiary/aromatic N) is 1. The Morgan fingerprint density at radius 1 is 0.855 bits per heavy atom.